The summed E-state index contributed by atoms with van der Waals surface area (Å²) in [7, 11) is 1.57. The maximum absolute atomic E-state index is 13.4. The number of aliphatic hydroxyl groups excluding tert-OH is 1. The SMILES string of the molecule is COc1ccc(C2/C(=C(/O)c3cccc(OCC(C)C)c3)C(=O)C(=O)N2c2ccc(OC(C)C)cc2)cc1. The number of rotatable bonds is 9. The van der Waals surface area contributed by atoms with Crippen molar-refractivity contribution in [1.29, 1.82) is 0 Å². The van der Waals surface area contributed by atoms with E-state index in [1.54, 1.807) is 79.9 Å². The van der Waals surface area contributed by atoms with Gasteiger partial charge in [0.25, 0.3) is 11.7 Å². The maximum Gasteiger partial charge on any atom is 0.300 e. The van der Waals surface area contributed by atoms with Crippen molar-refractivity contribution in [1.82, 2.24) is 0 Å². The molecule has 0 saturated carbocycles. The third-order valence-electron chi connectivity index (χ3n) is 6.05. The monoisotopic (exact) mass is 515 g/mol. The number of methoxy groups -OCH3 is 1. The lowest BCUT2D eigenvalue weighted by molar-refractivity contribution is -0.132. The number of carbonyl (C=O) groups is 2. The predicted octanol–water partition coefficient (Wildman–Crippen LogP) is 6.14. The van der Waals surface area contributed by atoms with Crippen LogP contribution in [0.25, 0.3) is 5.76 Å². The number of hydrogen-bond donors (Lipinski definition) is 1. The van der Waals surface area contributed by atoms with Gasteiger partial charge in [0.15, 0.2) is 0 Å². The summed E-state index contributed by atoms with van der Waals surface area (Å²) in [5, 5.41) is 11.4. The molecule has 7 nitrogen and oxygen atoms in total. The molecular weight excluding hydrogens is 482 g/mol. The number of aliphatic hydroxyl groups is 1. The number of ketones is 1. The van der Waals surface area contributed by atoms with Crippen molar-refractivity contribution in [3.63, 3.8) is 0 Å². The smallest absolute Gasteiger partial charge is 0.300 e. The quantitative estimate of drug-likeness (QED) is 0.209. The van der Waals surface area contributed by atoms with Crippen molar-refractivity contribution in [3.05, 3.63) is 89.5 Å². The molecule has 1 N–H and O–H groups in total. The van der Waals surface area contributed by atoms with Crippen LogP contribution in [-0.2, 0) is 9.59 Å². The second-order valence-electron chi connectivity index (χ2n) is 9.84. The molecule has 38 heavy (non-hydrogen) atoms. The van der Waals surface area contributed by atoms with Gasteiger partial charge in [-0.1, -0.05) is 38.1 Å². The first-order valence-electron chi connectivity index (χ1n) is 12.6. The average molecular weight is 516 g/mol. The van der Waals surface area contributed by atoms with Crippen molar-refractivity contribution >= 4 is 23.1 Å². The third kappa shape index (κ3) is 5.67. The first-order valence-corrected chi connectivity index (χ1v) is 12.6. The molecule has 1 aliphatic heterocycles. The molecule has 1 heterocycles. The van der Waals surface area contributed by atoms with Crippen LogP contribution in [0.5, 0.6) is 17.2 Å². The highest BCUT2D eigenvalue weighted by molar-refractivity contribution is 6.51. The molecule has 7 heteroatoms. The van der Waals surface area contributed by atoms with E-state index in [0.717, 1.165) is 0 Å². The Morgan fingerprint density at radius 3 is 2.16 bits per heavy atom. The van der Waals surface area contributed by atoms with Crippen molar-refractivity contribution in [2.45, 2.75) is 39.8 Å². The molecule has 1 aliphatic rings. The Hall–Kier alpha value is -4.26. The summed E-state index contributed by atoms with van der Waals surface area (Å²) in [6.45, 7) is 8.46. The zero-order chi connectivity index (χ0) is 27.4. The van der Waals surface area contributed by atoms with Crippen molar-refractivity contribution in [2.24, 2.45) is 5.92 Å². The Morgan fingerprint density at radius 2 is 1.55 bits per heavy atom. The molecular formula is C31H33NO6. The molecule has 3 aromatic rings. The summed E-state index contributed by atoms with van der Waals surface area (Å²) in [4.78, 5) is 28.3. The minimum Gasteiger partial charge on any atom is -0.507 e. The van der Waals surface area contributed by atoms with Crippen molar-refractivity contribution < 1.29 is 28.9 Å². The van der Waals surface area contributed by atoms with Crippen LogP contribution in [0, 0.1) is 5.92 Å². The van der Waals surface area contributed by atoms with E-state index in [0.29, 0.717) is 46.6 Å². The molecule has 0 aromatic heterocycles. The lowest BCUT2D eigenvalue weighted by Gasteiger charge is -2.26. The fraction of sp³-hybridized carbons (Fsp3) is 0.290. The Balaban J connectivity index is 1.82. The molecule has 1 amide bonds. The molecule has 1 atom stereocenters. The Labute approximate surface area is 223 Å². The fourth-order valence-electron chi connectivity index (χ4n) is 4.31. The van der Waals surface area contributed by atoms with E-state index in [9.17, 15) is 14.7 Å². The highest BCUT2D eigenvalue weighted by Gasteiger charge is 2.47. The molecule has 4 rings (SSSR count). The lowest BCUT2D eigenvalue weighted by atomic mass is 9.95. The molecule has 1 unspecified atom stereocenters. The standard InChI is InChI=1S/C31H33NO6/c1-19(2)18-37-26-8-6-7-22(17-26)29(33)27-28(21-9-13-24(36-5)14-10-21)32(31(35)30(27)34)23-11-15-25(16-12-23)38-20(3)4/h6-17,19-20,28,33H,18H2,1-5H3/b29-27-. The van der Waals surface area contributed by atoms with Crippen LogP contribution in [0.2, 0.25) is 0 Å². The van der Waals surface area contributed by atoms with Gasteiger partial charge in [0.05, 0.1) is 31.4 Å². The van der Waals surface area contributed by atoms with Crippen LogP contribution < -0.4 is 19.1 Å². The van der Waals surface area contributed by atoms with E-state index >= 15 is 0 Å². The molecule has 1 saturated heterocycles. The van der Waals surface area contributed by atoms with Crippen LogP contribution in [0.3, 0.4) is 0 Å². The van der Waals surface area contributed by atoms with Gasteiger partial charge < -0.3 is 19.3 Å². The molecule has 0 aliphatic carbocycles. The largest absolute Gasteiger partial charge is 0.507 e. The number of ether oxygens (including phenoxy) is 3. The van der Waals surface area contributed by atoms with Crippen LogP contribution in [0.4, 0.5) is 5.69 Å². The number of nitrogens with zero attached hydrogens (tertiary/aromatic N) is 1. The lowest BCUT2D eigenvalue weighted by Crippen LogP contribution is -2.29. The summed E-state index contributed by atoms with van der Waals surface area (Å²) >= 11 is 0. The van der Waals surface area contributed by atoms with Gasteiger partial charge in [-0.05, 0) is 73.9 Å². The Morgan fingerprint density at radius 1 is 0.895 bits per heavy atom. The number of hydrogen-bond acceptors (Lipinski definition) is 6. The van der Waals surface area contributed by atoms with E-state index in [1.807, 2.05) is 27.7 Å². The first kappa shape index (κ1) is 26.8. The molecule has 1 fully saturated rings. The van der Waals surface area contributed by atoms with Crippen LogP contribution in [0.1, 0.15) is 44.9 Å². The number of amides is 1. The highest BCUT2D eigenvalue weighted by Crippen LogP contribution is 2.43. The molecule has 0 spiro atoms. The van der Waals surface area contributed by atoms with Gasteiger partial charge in [-0.2, -0.15) is 0 Å². The molecule has 3 aromatic carbocycles. The van der Waals surface area contributed by atoms with Gasteiger partial charge >= 0.3 is 0 Å². The summed E-state index contributed by atoms with van der Waals surface area (Å²) in [5.74, 6) is 0.428. The molecule has 0 bridgehead atoms. The third-order valence-corrected chi connectivity index (χ3v) is 6.05. The second kappa shape index (κ2) is 11.4. The van der Waals surface area contributed by atoms with E-state index < -0.39 is 17.7 Å². The summed E-state index contributed by atoms with van der Waals surface area (Å²) in [6, 6.07) is 20.1. The van der Waals surface area contributed by atoms with Gasteiger partial charge in [-0.3, -0.25) is 14.5 Å². The van der Waals surface area contributed by atoms with Crippen LogP contribution >= 0.6 is 0 Å². The van der Waals surface area contributed by atoms with Gasteiger partial charge in [0.2, 0.25) is 0 Å². The number of anilines is 1. The first-order chi connectivity index (χ1) is 18.2. The average Bonchev–Trinajstić information content (AvgIpc) is 3.17. The Bertz CT molecular complexity index is 1330. The minimum absolute atomic E-state index is 0.00341. The van der Waals surface area contributed by atoms with Gasteiger partial charge in [-0.15, -0.1) is 0 Å². The molecule has 0 radical (unpaired) electrons. The minimum atomic E-state index is -0.849. The number of benzene rings is 3. The van der Waals surface area contributed by atoms with Crippen LogP contribution in [-0.4, -0.2) is 36.6 Å². The zero-order valence-corrected chi connectivity index (χ0v) is 22.3. The number of Topliss-reactive ketones (excluding diaryl/α,β-unsaturated/α-hetero) is 1. The fourth-order valence-corrected chi connectivity index (χ4v) is 4.31. The van der Waals surface area contributed by atoms with Crippen molar-refractivity contribution in [2.75, 3.05) is 18.6 Å². The maximum atomic E-state index is 13.4. The van der Waals surface area contributed by atoms with E-state index in [1.165, 1.54) is 4.90 Å². The predicted molar refractivity (Wildman–Crippen MR) is 147 cm³/mol. The number of carbonyl (C=O) groups excluding carboxylic acids is 2. The highest BCUT2D eigenvalue weighted by atomic mass is 16.5. The van der Waals surface area contributed by atoms with Gasteiger partial charge in [0, 0.05) is 11.3 Å². The topological polar surface area (TPSA) is 85.3 Å². The van der Waals surface area contributed by atoms with Crippen LogP contribution in [0.15, 0.2) is 78.4 Å². The summed E-state index contributed by atoms with van der Waals surface area (Å²) in [5.41, 5.74) is 1.56. The van der Waals surface area contributed by atoms with E-state index in [4.69, 9.17) is 14.2 Å². The summed E-state index contributed by atoms with van der Waals surface area (Å²) < 4.78 is 16.8. The summed E-state index contributed by atoms with van der Waals surface area (Å²) in [6.07, 6.45) is -0.00495. The zero-order valence-electron chi connectivity index (χ0n) is 22.3. The van der Waals surface area contributed by atoms with Gasteiger partial charge in [-0.25, -0.2) is 0 Å². The second-order valence-corrected chi connectivity index (χ2v) is 9.84. The normalized spacial score (nSPS) is 16.8. The van der Waals surface area contributed by atoms with E-state index in [2.05, 4.69) is 0 Å². The Kier molecular flexibility index (Phi) is 8.05. The van der Waals surface area contributed by atoms with Crippen molar-refractivity contribution in [3.8, 4) is 17.2 Å². The van der Waals surface area contributed by atoms with Gasteiger partial charge in [0.1, 0.15) is 23.0 Å². The van der Waals surface area contributed by atoms with E-state index in [-0.39, 0.29) is 17.4 Å². The molecule has 198 valence electrons.